The highest BCUT2D eigenvalue weighted by atomic mass is 16.2. The lowest BCUT2D eigenvalue weighted by molar-refractivity contribution is -0.130. The predicted octanol–water partition coefficient (Wildman–Crippen LogP) is 4.51. The molecule has 4 aromatic rings. The van der Waals surface area contributed by atoms with Crippen molar-refractivity contribution in [3.63, 3.8) is 0 Å². The second kappa shape index (κ2) is 12.2. The van der Waals surface area contributed by atoms with Gasteiger partial charge in [0.05, 0.1) is 10.9 Å². The molecule has 0 saturated carbocycles. The first-order valence-corrected chi connectivity index (χ1v) is 13.9. The highest BCUT2D eigenvalue weighted by Crippen LogP contribution is 2.23. The Bertz CT molecular complexity index is 1730. The lowest BCUT2D eigenvalue weighted by atomic mass is 9.99. The molecule has 3 aromatic carbocycles. The molecule has 0 fully saturated rings. The highest BCUT2D eigenvalue weighted by molar-refractivity contribution is 5.93. The van der Waals surface area contributed by atoms with E-state index in [1.54, 1.807) is 24.3 Å². The van der Waals surface area contributed by atoms with Crippen molar-refractivity contribution in [2.24, 2.45) is 0 Å². The van der Waals surface area contributed by atoms with Crippen LogP contribution in [0.1, 0.15) is 36.0 Å². The summed E-state index contributed by atoms with van der Waals surface area (Å²) >= 11 is 0. The molecule has 0 bridgehead atoms. The fraction of sp³-hybridized carbons (Fsp3) is 0.273. The average molecular weight is 551 g/mol. The Morgan fingerprint density at radius 1 is 0.854 bits per heavy atom. The van der Waals surface area contributed by atoms with Crippen molar-refractivity contribution in [2.75, 3.05) is 18.4 Å². The van der Waals surface area contributed by atoms with Crippen LogP contribution < -0.4 is 16.6 Å². The smallest absolute Gasteiger partial charge is 0.331 e. The average Bonchev–Trinajstić information content (AvgIpc) is 2.99. The molecule has 0 radical (unpaired) electrons. The molecule has 2 heterocycles. The van der Waals surface area contributed by atoms with E-state index in [9.17, 15) is 19.2 Å². The van der Waals surface area contributed by atoms with Crippen molar-refractivity contribution in [1.29, 1.82) is 0 Å². The number of fused-ring (bicyclic) bond motifs is 1. The minimum Gasteiger partial charge on any atom is -0.339 e. The van der Waals surface area contributed by atoms with E-state index in [1.807, 2.05) is 55.1 Å². The topological polar surface area (TPSA) is 93.4 Å². The van der Waals surface area contributed by atoms with E-state index in [2.05, 4.69) is 23.5 Å². The molecule has 1 aliphatic heterocycles. The summed E-state index contributed by atoms with van der Waals surface area (Å²) in [7, 11) is 0. The largest absolute Gasteiger partial charge is 0.339 e. The first-order valence-electron chi connectivity index (χ1n) is 13.9. The van der Waals surface area contributed by atoms with Crippen molar-refractivity contribution in [1.82, 2.24) is 14.0 Å². The fourth-order valence-electron chi connectivity index (χ4n) is 5.41. The Balaban J connectivity index is 1.30. The van der Waals surface area contributed by atoms with Gasteiger partial charge < -0.3 is 10.2 Å². The number of benzene rings is 3. The predicted molar refractivity (Wildman–Crippen MR) is 162 cm³/mol. The number of para-hydroxylation sites is 2. The number of carbonyl (C=O) groups is 2. The van der Waals surface area contributed by atoms with Gasteiger partial charge in [-0.1, -0.05) is 66.7 Å². The first kappa shape index (κ1) is 27.8. The number of anilines is 1. The Labute approximate surface area is 238 Å². The van der Waals surface area contributed by atoms with Crippen LogP contribution in [-0.4, -0.2) is 38.9 Å². The van der Waals surface area contributed by atoms with Gasteiger partial charge in [0.1, 0.15) is 6.54 Å². The summed E-state index contributed by atoms with van der Waals surface area (Å²) in [6.45, 7) is 4.85. The van der Waals surface area contributed by atoms with Gasteiger partial charge in [-0.25, -0.2) is 4.79 Å². The number of nitrogens with zero attached hydrogens (tertiary/aromatic N) is 3. The molecule has 1 aliphatic rings. The molecule has 0 aliphatic carbocycles. The van der Waals surface area contributed by atoms with Crippen LogP contribution in [0.25, 0.3) is 16.5 Å². The van der Waals surface area contributed by atoms with E-state index in [-0.39, 0.29) is 31.3 Å². The molecule has 1 N–H and O–H groups in total. The standard InChI is InChI=1S/C33H34N4O4/c1-23-10-8-11-24(2)31(23)34-29(38)22-37-28-15-7-6-14-27(28)32(40)36(33(37)41)19-9-16-30(39)35-20-17-26(18-21-35)25-12-4-3-5-13-25/h3-8,10-15,17H,9,16,18-22H2,1-2H3,(H,34,38). The molecule has 5 rings (SSSR count). The monoisotopic (exact) mass is 550 g/mol. The molecular formula is C33H34N4O4. The minimum absolute atomic E-state index is 0.00416. The number of aryl methyl sites for hydroxylation is 2. The van der Waals surface area contributed by atoms with Gasteiger partial charge in [0.2, 0.25) is 11.8 Å². The molecule has 0 saturated heterocycles. The summed E-state index contributed by atoms with van der Waals surface area (Å²) in [6.07, 6.45) is 3.44. The summed E-state index contributed by atoms with van der Waals surface area (Å²) in [5.74, 6) is -0.362. The maximum atomic E-state index is 13.5. The second-order valence-corrected chi connectivity index (χ2v) is 10.4. The quantitative estimate of drug-likeness (QED) is 0.349. The fourth-order valence-corrected chi connectivity index (χ4v) is 5.41. The van der Waals surface area contributed by atoms with Crippen molar-refractivity contribution in [3.8, 4) is 0 Å². The number of carbonyl (C=O) groups excluding carboxylic acids is 2. The van der Waals surface area contributed by atoms with Crippen molar-refractivity contribution in [2.45, 2.75) is 46.2 Å². The van der Waals surface area contributed by atoms with Gasteiger partial charge in [-0.2, -0.15) is 0 Å². The number of nitrogens with one attached hydrogen (secondary N) is 1. The Kier molecular flexibility index (Phi) is 8.29. The molecule has 41 heavy (non-hydrogen) atoms. The lowest BCUT2D eigenvalue weighted by Crippen LogP contribution is -2.42. The zero-order valence-corrected chi connectivity index (χ0v) is 23.4. The van der Waals surface area contributed by atoms with Crippen LogP contribution in [0.15, 0.2) is 88.5 Å². The van der Waals surface area contributed by atoms with Crippen LogP contribution in [0.2, 0.25) is 0 Å². The molecule has 0 unspecified atom stereocenters. The van der Waals surface area contributed by atoms with E-state index in [4.69, 9.17) is 0 Å². The molecule has 2 amide bonds. The first-order chi connectivity index (χ1) is 19.8. The molecular weight excluding hydrogens is 516 g/mol. The van der Waals surface area contributed by atoms with Gasteiger partial charge >= 0.3 is 5.69 Å². The van der Waals surface area contributed by atoms with E-state index in [0.29, 0.717) is 36.1 Å². The van der Waals surface area contributed by atoms with Crippen LogP contribution in [0.3, 0.4) is 0 Å². The van der Waals surface area contributed by atoms with Crippen molar-refractivity contribution in [3.05, 3.63) is 116 Å². The number of hydrogen-bond acceptors (Lipinski definition) is 4. The number of amides is 2. The summed E-state index contributed by atoms with van der Waals surface area (Å²) in [6, 6.07) is 22.7. The van der Waals surface area contributed by atoms with Crippen LogP contribution >= 0.6 is 0 Å². The van der Waals surface area contributed by atoms with E-state index < -0.39 is 11.2 Å². The van der Waals surface area contributed by atoms with Gasteiger partial charge in [0, 0.05) is 31.7 Å². The summed E-state index contributed by atoms with van der Waals surface area (Å²) in [5, 5.41) is 3.27. The normalized spacial score (nSPS) is 13.2. The molecule has 210 valence electrons. The summed E-state index contributed by atoms with van der Waals surface area (Å²) < 4.78 is 2.48. The number of hydrogen-bond donors (Lipinski definition) is 1. The summed E-state index contributed by atoms with van der Waals surface area (Å²) in [5.41, 5.74) is 4.39. The molecule has 1 aromatic heterocycles. The van der Waals surface area contributed by atoms with Crippen LogP contribution in [-0.2, 0) is 22.7 Å². The third-order valence-corrected chi connectivity index (χ3v) is 7.66. The molecule has 0 spiro atoms. The van der Waals surface area contributed by atoms with E-state index in [0.717, 1.165) is 22.1 Å². The maximum Gasteiger partial charge on any atom is 0.331 e. The Hall–Kier alpha value is -4.72. The van der Waals surface area contributed by atoms with Crippen LogP contribution in [0.5, 0.6) is 0 Å². The maximum absolute atomic E-state index is 13.5. The van der Waals surface area contributed by atoms with E-state index >= 15 is 0 Å². The number of aromatic nitrogens is 2. The van der Waals surface area contributed by atoms with Crippen molar-refractivity contribution < 1.29 is 9.59 Å². The third kappa shape index (κ3) is 6.06. The van der Waals surface area contributed by atoms with Gasteiger partial charge in [-0.3, -0.25) is 23.5 Å². The SMILES string of the molecule is Cc1cccc(C)c1NC(=O)Cn1c(=O)n(CCCC(=O)N2CC=C(c3ccccc3)CC2)c(=O)c2ccccc21. The van der Waals surface area contributed by atoms with Crippen molar-refractivity contribution >= 4 is 34.0 Å². The Morgan fingerprint density at radius 3 is 2.27 bits per heavy atom. The lowest BCUT2D eigenvalue weighted by Gasteiger charge is -2.27. The Morgan fingerprint density at radius 2 is 1.56 bits per heavy atom. The van der Waals surface area contributed by atoms with Gasteiger partial charge in [-0.15, -0.1) is 0 Å². The summed E-state index contributed by atoms with van der Waals surface area (Å²) in [4.78, 5) is 54.6. The van der Waals surface area contributed by atoms with Gasteiger partial charge in [-0.05, 0) is 61.1 Å². The zero-order chi connectivity index (χ0) is 28.9. The molecule has 0 atom stereocenters. The highest BCUT2D eigenvalue weighted by Gasteiger charge is 2.19. The molecule has 8 heteroatoms. The van der Waals surface area contributed by atoms with E-state index in [1.165, 1.54) is 15.7 Å². The number of rotatable bonds is 8. The van der Waals surface area contributed by atoms with Gasteiger partial charge in [0.15, 0.2) is 0 Å². The van der Waals surface area contributed by atoms with Crippen LogP contribution in [0, 0.1) is 13.8 Å². The zero-order valence-electron chi connectivity index (χ0n) is 23.4. The van der Waals surface area contributed by atoms with Gasteiger partial charge in [0.25, 0.3) is 5.56 Å². The second-order valence-electron chi connectivity index (χ2n) is 10.4. The molecule has 8 nitrogen and oxygen atoms in total. The third-order valence-electron chi connectivity index (χ3n) is 7.66. The van der Waals surface area contributed by atoms with Crippen LogP contribution in [0.4, 0.5) is 5.69 Å². The minimum atomic E-state index is -0.564.